The maximum atomic E-state index is 13.9. The highest BCUT2D eigenvalue weighted by Crippen LogP contribution is 2.30. The minimum absolute atomic E-state index is 0.0348. The van der Waals surface area contributed by atoms with Gasteiger partial charge >= 0.3 is 18.2 Å². The summed E-state index contributed by atoms with van der Waals surface area (Å²) in [7, 11) is 0. The number of carbonyl (C=O) groups excluding carboxylic acids is 6. The van der Waals surface area contributed by atoms with Gasteiger partial charge in [0.25, 0.3) is 5.91 Å². The highest BCUT2D eigenvalue weighted by Gasteiger charge is 2.32. The molecule has 5 amide bonds. The molecule has 0 radical (unpaired) electrons. The molecule has 14 heteroatoms. The molecule has 2 aromatic rings. The van der Waals surface area contributed by atoms with E-state index >= 15 is 0 Å². The molecule has 0 atom stereocenters. The molecule has 3 rings (SSSR count). The lowest BCUT2D eigenvalue weighted by molar-refractivity contribution is -0.143. The van der Waals surface area contributed by atoms with Gasteiger partial charge in [-0.25, -0.2) is 9.59 Å². The molecule has 55 heavy (non-hydrogen) atoms. The smallest absolute Gasteiger partial charge is 0.407 e. The first-order valence-corrected chi connectivity index (χ1v) is 19.1. The number of unbranched alkanes of at least 4 members (excludes halogenated alkanes) is 3. The van der Waals surface area contributed by atoms with Gasteiger partial charge in [0.15, 0.2) is 0 Å². The number of esters is 1. The van der Waals surface area contributed by atoms with Crippen LogP contribution < -0.4 is 20.9 Å². The third-order valence-corrected chi connectivity index (χ3v) is 8.25. The van der Waals surface area contributed by atoms with Crippen LogP contribution in [0.25, 0.3) is 0 Å². The van der Waals surface area contributed by atoms with Crippen LogP contribution in [0.15, 0.2) is 42.5 Å². The predicted molar refractivity (Wildman–Crippen MR) is 210 cm³/mol. The van der Waals surface area contributed by atoms with Crippen LogP contribution in [0.4, 0.5) is 21.0 Å². The van der Waals surface area contributed by atoms with E-state index in [1.165, 1.54) is 4.90 Å². The molecule has 0 aromatic heterocycles. The molecule has 2 aromatic carbocycles. The van der Waals surface area contributed by atoms with Crippen molar-refractivity contribution in [2.75, 3.05) is 43.0 Å². The summed E-state index contributed by atoms with van der Waals surface area (Å²) in [4.78, 5) is 79.3. The third kappa shape index (κ3) is 16.4. The molecule has 0 fully saturated rings. The van der Waals surface area contributed by atoms with Crippen molar-refractivity contribution in [3.05, 3.63) is 59.2 Å². The molecule has 0 spiro atoms. The van der Waals surface area contributed by atoms with Crippen LogP contribution in [0, 0.1) is 0 Å². The molecule has 14 nitrogen and oxygen atoms in total. The molecule has 1 heterocycles. The normalized spacial score (nSPS) is 13.1. The van der Waals surface area contributed by atoms with Crippen molar-refractivity contribution < 1.29 is 43.0 Å². The Bertz CT molecular complexity index is 1650. The van der Waals surface area contributed by atoms with Gasteiger partial charge in [-0.1, -0.05) is 31.0 Å². The van der Waals surface area contributed by atoms with Crippen LogP contribution in [0.5, 0.6) is 0 Å². The highest BCUT2D eigenvalue weighted by molar-refractivity contribution is 6.09. The summed E-state index contributed by atoms with van der Waals surface area (Å²) < 4.78 is 15.6. The zero-order valence-corrected chi connectivity index (χ0v) is 33.5. The van der Waals surface area contributed by atoms with E-state index in [0.29, 0.717) is 29.9 Å². The summed E-state index contributed by atoms with van der Waals surface area (Å²) in [6.07, 6.45) is 3.82. The fraction of sp³-hybridized carbons (Fsp3) is 0.561. The first-order chi connectivity index (χ1) is 25.9. The molecule has 0 saturated carbocycles. The molecule has 0 unspecified atom stereocenters. The molecule has 3 N–H and O–H groups in total. The number of amides is 5. The van der Waals surface area contributed by atoms with Crippen LogP contribution in [0.2, 0.25) is 0 Å². The summed E-state index contributed by atoms with van der Waals surface area (Å²) in [6.45, 7) is 13.5. The van der Waals surface area contributed by atoms with Gasteiger partial charge in [-0.3, -0.25) is 19.2 Å². The largest absolute Gasteiger partial charge is 0.466 e. The number of carbonyl (C=O) groups is 6. The van der Waals surface area contributed by atoms with Gasteiger partial charge in [0.05, 0.1) is 30.8 Å². The van der Waals surface area contributed by atoms with Crippen molar-refractivity contribution in [3.63, 3.8) is 0 Å². The van der Waals surface area contributed by atoms with Crippen LogP contribution in [-0.4, -0.2) is 84.8 Å². The second-order valence-electron chi connectivity index (χ2n) is 15.5. The summed E-state index contributed by atoms with van der Waals surface area (Å²) in [5.41, 5.74) is 1.92. The van der Waals surface area contributed by atoms with Gasteiger partial charge in [0.1, 0.15) is 17.7 Å². The van der Waals surface area contributed by atoms with E-state index in [2.05, 4.69) is 16.0 Å². The van der Waals surface area contributed by atoms with E-state index in [9.17, 15) is 28.8 Å². The van der Waals surface area contributed by atoms with Crippen molar-refractivity contribution in [1.29, 1.82) is 0 Å². The molecular formula is C41H59N5O9. The number of anilines is 2. The highest BCUT2D eigenvalue weighted by atomic mass is 16.6. The number of hydrogen-bond acceptors (Lipinski definition) is 9. The average molecular weight is 766 g/mol. The van der Waals surface area contributed by atoms with Gasteiger partial charge < -0.3 is 40.0 Å². The second-order valence-corrected chi connectivity index (χ2v) is 15.5. The van der Waals surface area contributed by atoms with Crippen molar-refractivity contribution in [3.8, 4) is 0 Å². The Hall–Kier alpha value is -5.14. The van der Waals surface area contributed by atoms with Crippen LogP contribution in [0.3, 0.4) is 0 Å². The zero-order chi connectivity index (χ0) is 40.6. The molecule has 302 valence electrons. The molecule has 0 bridgehead atoms. The van der Waals surface area contributed by atoms with Crippen molar-refractivity contribution >= 4 is 47.3 Å². The van der Waals surface area contributed by atoms with Crippen LogP contribution in [-0.2, 0) is 41.6 Å². The Labute approximate surface area is 325 Å². The van der Waals surface area contributed by atoms with Crippen molar-refractivity contribution in [1.82, 2.24) is 15.5 Å². The quantitative estimate of drug-likeness (QED) is 0.0870. The van der Waals surface area contributed by atoms with Crippen molar-refractivity contribution in [2.45, 2.75) is 118 Å². The lowest BCUT2D eigenvalue weighted by atomic mass is 10.0. The Kier molecular flexibility index (Phi) is 17.0. The fourth-order valence-electron chi connectivity index (χ4n) is 5.80. The number of nitrogens with zero attached hydrogens (tertiary/aromatic N) is 2. The average Bonchev–Trinajstić information content (AvgIpc) is 3.17. The number of fused-ring (bicyclic) bond motifs is 1. The maximum absolute atomic E-state index is 13.9. The molecular weight excluding hydrogens is 706 g/mol. The van der Waals surface area contributed by atoms with Crippen LogP contribution >= 0.6 is 0 Å². The zero-order valence-electron chi connectivity index (χ0n) is 33.5. The number of ether oxygens (including phenoxy) is 3. The number of aryl methyl sites for hydroxylation is 1. The number of rotatable bonds is 18. The molecule has 0 saturated heterocycles. The summed E-state index contributed by atoms with van der Waals surface area (Å²) >= 11 is 0. The fourth-order valence-corrected chi connectivity index (χ4v) is 5.80. The Morgan fingerprint density at radius 1 is 0.764 bits per heavy atom. The van der Waals surface area contributed by atoms with E-state index in [-0.39, 0.29) is 63.3 Å². The van der Waals surface area contributed by atoms with Crippen molar-refractivity contribution in [2.24, 2.45) is 0 Å². The summed E-state index contributed by atoms with van der Waals surface area (Å²) in [6, 6.07) is 12.7. The van der Waals surface area contributed by atoms with E-state index in [0.717, 1.165) is 43.2 Å². The standard InChI is InChI=1S/C41H59N5O9/c1-8-53-36(49)21-24-45-28-35(48)46(27-30-16-13-17-31(25-30)44-34(47)18-14-23-43-39(52)55-41(5,6)7)33-20-19-29(26-32(33)37(45)50)15-11-9-10-12-22-42-38(51)54-40(2,3)4/h13,16-17,19-20,25-26H,8-12,14-15,18,21-24,27-28H2,1-7H3,(H,42,51)(H,43,52)(H,44,47). The van der Waals surface area contributed by atoms with Gasteiger partial charge in [-0.05, 0) is 110 Å². The number of hydrogen-bond donors (Lipinski definition) is 3. The topological polar surface area (TPSA) is 173 Å². The van der Waals surface area contributed by atoms with E-state index in [4.69, 9.17) is 14.2 Å². The Morgan fingerprint density at radius 2 is 1.42 bits per heavy atom. The summed E-state index contributed by atoms with van der Waals surface area (Å²) in [5.74, 6) is -1.33. The van der Waals surface area contributed by atoms with Crippen LogP contribution in [0.1, 0.15) is 115 Å². The minimum atomic E-state index is -0.610. The summed E-state index contributed by atoms with van der Waals surface area (Å²) in [5, 5.41) is 8.30. The number of alkyl carbamates (subject to hydrolysis) is 2. The SMILES string of the molecule is CCOC(=O)CCN1CC(=O)N(Cc2cccc(NC(=O)CCCNC(=O)OC(C)(C)C)c2)c2ccc(CCCCCCNC(=O)OC(C)(C)C)cc2C1=O. The minimum Gasteiger partial charge on any atom is -0.466 e. The number of nitrogens with one attached hydrogen (secondary N) is 3. The van der Waals surface area contributed by atoms with Gasteiger partial charge in [-0.15, -0.1) is 0 Å². The van der Waals surface area contributed by atoms with E-state index in [1.807, 2.05) is 39.0 Å². The molecule has 0 aliphatic carbocycles. The molecule has 1 aliphatic heterocycles. The van der Waals surface area contributed by atoms with Gasteiger partial charge in [0.2, 0.25) is 11.8 Å². The van der Waals surface area contributed by atoms with E-state index in [1.54, 1.807) is 56.9 Å². The molecule has 1 aliphatic rings. The maximum Gasteiger partial charge on any atom is 0.407 e. The van der Waals surface area contributed by atoms with Gasteiger partial charge in [0, 0.05) is 31.7 Å². The lowest BCUT2D eigenvalue weighted by Crippen LogP contribution is -2.40. The third-order valence-electron chi connectivity index (χ3n) is 8.25. The number of benzene rings is 2. The first-order valence-electron chi connectivity index (χ1n) is 19.1. The van der Waals surface area contributed by atoms with Gasteiger partial charge in [-0.2, -0.15) is 0 Å². The van der Waals surface area contributed by atoms with E-state index < -0.39 is 29.4 Å². The Balaban J connectivity index is 1.67. The first kappa shape index (κ1) is 44.3. The monoisotopic (exact) mass is 765 g/mol. The lowest BCUT2D eigenvalue weighted by Gasteiger charge is -2.23. The Morgan fingerprint density at radius 3 is 2.07 bits per heavy atom. The predicted octanol–water partition coefficient (Wildman–Crippen LogP) is 6.50. The second kappa shape index (κ2) is 21.1.